The number of benzene rings is 1. The summed E-state index contributed by atoms with van der Waals surface area (Å²) in [5.74, 6) is 2.92. The molecule has 36 heavy (non-hydrogen) atoms. The fourth-order valence-electron chi connectivity index (χ4n) is 4.74. The second-order valence-electron chi connectivity index (χ2n) is 9.52. The van der Waals surface area contributed by atoms with Crippen molar-refractivity contribution in [1.29, 1.82) is 0 Å². The number of rotatable bonds is 10. The molecule has 1 aliphatic rings. The zero-order chi connectivity index (χ0) is 25.7. The third-order valence-corrected chi connectivity index (χ3v) is 6.58. The Bertz CT molecular complexity index is 1130. The van der Waals surface area contributed by atoms with E-state index in [1.165, 1.54) is 0 Å². The molecular formula is C27H38N6O3. The summed E-state index contributed by atoms with van der Waals surface area (Å²) < 4.78 is 11.3. The molecule has 0 aliphatic carbocycles. The monoisotopic (exact) mass is 494 g/mol. The van der Waals surface area contributed by atoms with Crippen LogP contribution in [0.3, 0.4) is 0 Å². The van der Waals surface area contributed by atoms with Gasteiger partial charge in [0.15, 0.2) is 5.82 Å². The van der Waals surface area contributed by atoms with Crippen LogP contribution >= 0.6 is 0 Å². The first-order valence-corrected chi connectivity index (χ1v) is 12.8. The van der Waals surface area contributed by atoms with Crippen LogP contribution in [-0.4, -0.2) is 83.7 Å². The van der Waals surface area contributed by atoms with E-state index in [4.69, 9.17) is 19.2 Å². The maximum absolute atomic E-state index is 10.0. The zero-order valence-corrected chi connectivity index (χ0v) is 22.0. The highest BCUT2D eigenvalue weighted by Crippen LogP contribution is 2.32. The molecule has 0 saturated carbocycles. The minimum Gasteiger partial charge on any atom is -0.491 e. The van der Waals surface area contributed by atoms with Crippen molar-refractivity contribution in [2.45, 2.75) is 46.3 Å². The number of aliphatic hydroxyl groups excluding tert-OH is 1. The Balaban J connectivity index is 1.68. The van der Waals surface area contributed by atoms with Gasteiger partial charge >= 0.3 is 0 Å². The number of nitrogens with one attached hydrogen (secondary N) is 1. The van der Waals surface area contributed by atoms with Gasteiger partial charge in [0.2, 0.25) is 0 Å². The molecule has 4 rings (SSSR count). The minimum absolute atomic E-state index is 0.204. The van der Waals surface area contributed by atoms with Gasteiger partial charge in [0, 0.05) is 43.9 Å². The number of likely N-dealkylation sites (N-methyl/N-ethyl adjacent to an activating group) is 1. The van der Waals surface area contributed by atoms with Gasteiger partial charge < -0.3 is 24.6 Å². The minimum atomic E-state index is -0.585. The molecule has 9 heteroatoms. The van der Waals surface area contributed by atoms with Gasteiger partial charge in [-0.1, -0.05) is 24.2 Å². The van der Waals surface area contributed by atoms with Gasteiger partial charge in [-0.05, 0) is 52.9 Å². The number of aliphatic hydroxyl groups is 1. The summed E-state index contributed by atoms with van der Waals surface area (Å²) >= 11 is 0. The van der Waals surface area contributed by atoms with E-state index >= 15 is 0 Å². The van der Waals surface area contributed by atoms with Crippen LogP contribution in [0.2, 0.25) is 0 Å². The Kier molecular flexibility index (Phi) is 8.56. The molecule has 2 N–H and O–H groups in total. The largest absolute Gasteiger partial charge is 0.491 e. The number of aryl methyl sites for hydroxylation is 2. The summed E-state index contributed by atoms with van der Waals surface area (Å²) in [6.07, 6.45) is 0.570. The smallest absolute Gasteiger partial charge is 0.162 e. The summed E-state index contributed by atoms with van der Waals surface area (Å²) in [5.41, 5.74) is 3.36. The summed E-state index contributed by atoms with van der Waals surface area (Å²) in [6, 6.07) is 10.2. The number of hydrogen-bond donors (Lipinski definition) is 2. The van der Waals surface area contributed by atoms with Crippen molar-refractivity contribution < 1.29 is 14.4 Å². The number of ether oxygens (including phenoxy) is 1. The first-order chi connectivity index (χ1) is 17.4. The normalized spacial score (nSPS) is 17.4. The standard InChI is InChI=1S/C27H38N6O3/c1-6-10-32-11-12-33(16-18(32)2)25-14-24(26-19(3)31-36-20(26)4)29-27(30-25)21-8-7-9-23(13-21)35-17-22(34)15-28-5/h7-9,13-14,18,22,28,34H,6,10-12,15-17H2,1-5H3/t18-,22?/m0/s1. The summed E-state index contributed by atoms with van der Waals surface area (Å²) in [7, 11) is 1.80. The van der Waals surface area contributed by atoms with Gasteiger partial charge in [-0.3, -0.25) is 4.90 Å². The van der Waals surface area contributed by atoms with Gasteiger partial charge in [-0.15, -0.1) is 0 Å². The molecule has 1 unspecified atom stereocenters. The summed E-state index contributed by atoms with van der Waals surface area (Å²) in [4.78, 5) is 14.8. The lowest BCUT2D eigenvalue weighted by molar-refractivity contribution is 0.108. The Labute approximate surface area is 213 Å². The Morgan fingerprint density at radius 3 is 2.75 bits per heavy atom. The molecule has 0 amide bonds. The second-order valence-corrected chi connectivity index (χ2v) is 9.52. The van der Waals surface area contributed by atoms with Crippen molar-refractivity contribution in [2.75, 3.05) is 51.3 Å². The molecule has 1 aromatic carbocycles. The van der Waals surface area contributed by atoms with Crippen LogP contribution in [0.4, 0.5) is 5.82 Å². The molecule has 0 bridgehead atoms. The van der Waals surface area contributed by atoms with Crippen molar-refractivity contribution in [3.63, 3.8) is 0 Å². The molecule has 9 nitrogen and oxygen atoms in total. The van der Waals surface area contributed by atoms with Crippen LogP contribution in [0, 0.1) is 13.8 Å². The van der Waals surface area contributed by atoms with E-state index in [2.05, 4.69) is 34.1 Å². The number of aromatic nitrogens is 3. The van der Waals surface area contributed by atoms with Gasteiger partial charge in [0.1, 0.15) is 30.0 Å². The van der Waals surface area contributed by atoms with Crippen molar-refractivity contribution in [1.82, 2.24) is 25.3 Å². The Morgan fingerprint density at radius 1 is 1.22 bits per heavy atom. The molecule has 1 fully saturated rings. The number of hydrogen-bond acceptors (Lipinski definition) is 9. The first kappa shape index (κ1) is 26.1. The van der Waals surface area contributed by atoms with Crippen LogP contribution in [0.25, 0.3) is 22.6 Å². The molecule has 3 aromatic rings. The van der Waals surface area contributed by atoms with Crippen molar-refractivity contribution in [2.24, 2.45) is 0 Å². The quantitative estimate of drug-likeness (QED) is 0.440. The van der Waals surface area contributed by atoms with Crippen molar-refractivity contribution in [3.8, 4) is 28.4 Å². The molecule has 2 aromatic heterocycles. The first-order valence-electron chi connectivity index (χ1n) is 12.8. The molecule has 2 atom stereocenters. The molecule has 0 radical (unpaired) electrons. The van der Waals surface area contributed by atoms with E-state index in [1.807, 2.05) is 44.2 Å². The highest BCUT2D eigenvalue weighted by atomic mass is 16.5. The predicted octanol–water partition coefficient (Wildman–Crippen LogP) is 3.30. The third-order valence-electron chi connectivity index (χ3n) is 6.58. The Hall–Kier alpha value is -3.01. The molecule has 1 aliphatic heterocycles. The molecule has 0 spiro atoms. The van der Waals surface area contributed by atoms with Crippen LogP contribution in [0.15, 0.2) is 34.9 Å². The van der Waals surface area contributed by atoms with Crippen LogP contribution in [0.1, 0.15) is 31.7 Å². The lowest BCUT2D eigenvalue weighted by atomic mass is 10.1. The topological polar surface area (TPSA) is 99.8 Å². The lowest BCUT2D eigenvalue weighted by Crippen LogP contribution is -2.52. The molecular weight excluding hydrogens is 456 g/mol. The van der Waals surface area contributed by atoms with Gasteiger partial charge in [0.05, 0.1) is 17.0 Å². The predicted molar refractivity (Wildman–Crippen MR) is 141 cm³/mol. The average molecular weight is 495 g/mol. The lowest BCUT2D eigenvalue weighted by Gasteiger charge is -2.40. The molecule has 194 valence electrons. The maximum atomic E-state index is 10.0. The van der Waals surface area contributed by atoms with Gasteiger partial charge in [0.25, 0.3) is 0 Å². The fraction of sp³-hybridized carbons (Fsp3) is 0.519. The van der Waals surface area contributed by atoms with E-state index in [9.17, 15) is 5.11 Å². The van der Waals surface area contributed by atoms with Crippen LogP contribution in [-0.2, 0) is 0 Å². The average Bonchev–Trinajstić information content (AvgIpc) is 3.22. The van der Waals surface area contributed by atoms with E-state index in [1.54, 1.807) is 7.05 Å². The summed E-state index contributed by atoms with van der Waals surface area (Å²) in [6.45, 7) is 13.0. The van der Waals surface area contributed by atoms with E-state index in [0.29, 0.717) is 24.2 Å². The molecule has 1 saturated heterocycles. The third kappa shape index (κ3) is 6.03. The number of anilines is 1. The number of nitrogens with zero attached hydrogens (tertiary/aromatic N) is 5. The fourth-order valence-corrected chi connectivity index (χ4v) is 4.74. The Morgan fingerprint density at radius 2 is 2.06 bits per heavy atom. The highest BCUT2D eigenvalue weighted by Gasteiger charge is 2.26. The van der Waals surface area contributed by atoms with Crippen LogP contribution in [0.5, 0.6) is 5.75 Å². The summed E-state index contributed by atoms with van der Waals surface area (Å²) in [5, 5.41) is 17.1. The van der Waals surface area contributed by atoms with E-state index in [-0.39, 0.29) is 6.61 Å². The van der Waals surface area contributed by atoms with E-state index < -0.39 is 6.10 Å². The SMILES string of the molecule is CCCN1CCN(c2cc(-c3c(C)noc3C)nc(-c3cccc(OCC(O)CNC)c3)n2)C[C@@H]1C. The highest BCUT2D eigenvalue weighted by molar-refractivity contribution is 5.71. The van der Waals surface area contributed by atoms with Crippen LogP contribution < -0.4 is 15.0 Å². The van der Waals surface area contributed by atoms with E-state index in [0.717, 1.165) is 66.7 Å². The molecule has 3 heterocycles. The van der Waals surface area contributed by atoms with Gasteiger partial charge in [-0.25, -0.2) is 9.97 Å². The second kappa shape index (κ2) is 11.8. The van der Waals surface area contributed by atoms with Gasteiger partial charge in [-0.2, -0.15) is 0 Å². The zero-order valence-electron chi connectivity index (χ0n) is 22.0. The van der Waals surface area contributed by atoms with Crippen molar-refractivity contribution in [3.05, 3.63) is 41.8 Å². The number of piperazine rings is 1. The van der Waals surface area contributed by atoms with Crippen molar-refractivity contribution >= 4 is 5.82 Å². The maximum Gasteiger partial charge on any atom is 0.162 e.